The first kappa shape index (κ1) is 9.47. The van der Waals surface area contributed by atoms with Crippen molar-refractivity contribution in [2.45, 2.75) is 0 Å². The van der Waals surface area contributed by atoms with E-state index in [1.54, 1.807) is 0 Å². The Hall–Kier alpha value is -1.62. The lowest BCUT2D eigenvalue weighted by atomic mass is 10.3. The molecule has 68 valence electrons. The zero-order chi connectivity index (χ0) is 9.84. The number of anilines is 1. The Bertz CT molecular complexity index is 365. The second kappa shape index (κ2) is 3.86. The number of carboxylic acid groups (broad SMARTS) is 1. The fraction of sp³-hybridized carbons (Fsp3) is 0. The van der Waals surface area contributed by atoms with Gasteiger partial charge >= 0.3 is 5.97 Å². The van der Waals surface area contributed by atoms with Crippen LogP contribution in [0, 0.1) is 0 Å². The van der Waals surface area contributed by atoms with Gasteiger partial charge in [0, 0.05) is 17.8 Å². The maximum Gasteiger partial charge on any atom is 0.328 e. The van der Waals surface area contributed by atoms with Gasteiger partial charge in [0.05, 0.1) is 0 Å². The molecule has 0 spiro atoms. The van der Waals surface area contributed by atoms with E-state index in [9.17, 15) is 4.79 Å². The van der Waals surface area contributed by atoms with Crippen molar-refractivity contribution in [1.82, 2.24) is 9.97 Å². The third kappa shape index (κ3) is 2.72. The SMILES string of the molecule is Nc1nc(Cl)ncc1C=CC(=O)O. The van der Waals surface area contributed by atoms with Gasteiger partial charge in [-0.15, -0.1) is 0 Å². The van der Waals surface area contributed by atoms with Crippen molar-refractivity contribution >= 4 is 29.5 Å². The number of carbonyl (C=O) groups is 1. The Morgan fingerprint density at radius 2 is 2.38 bits per heavy atom. The van der Waals surface area contributed by atoms with E-state index in [1.807, 2.05) is 0 Å². The summed E-state index contributed by atoms with van der Waals surface area (Å²) in [5, 5.41) is 8.36. The molecule has 0 unspecified atom stereocenters. The predicted octanol–water partition coefficient (Wildman–Crippen LogP) is 0.810. The number of halogens is 1. The summed E-state index contributed by atoms with van der Waals surface area (Å²) in [4.78, 5) is 17.4. The van der Waals surface area contributed by atoms with Gasteiger partial charge in [-0.3, -0.25) is 0 Å². The van der Waals surface area contributed by atoms with Crippen LogP contribution in [0.1, 0.15) is 5.56 Å². The molecule has 0 saturated heterocycles. The molecule has 0 radical (unpaired) electrons. The fourth-order valence-corrected chi connectivity index (χ4v) is 0.811. The quantitative estimate of drug-likeness (QED) is 0.544. The van der Waals surface area contributed by atoms with Crippen molar-refractivity contribution in [1.29, 1.82) is 0 Å². The second-order valence-electron chi connectivity index (χ2n) is 2.15. The lowest BCUT2D eigenvalue weighted by Gasteiger charge is -1.97. The van der Waals surface area contributed by atoms with Gasteiger partial charge in [0.1, 0.15) is 5.82 Å². The van der Waals surface area contributed by atoms with E-state index in [0.717, 1.165) is 6.08 Å². The minimum atomic E-state index is -1.06. The van der Waals surface area contributed by atoms with Crippen molar-refractivity contribution < 1.29 is 9.90 Å². The van der Waals surface area contributed by atoms with E-state index < -0.39 is 5.97 Å². The standard InChI is InChI=1S/C7H6ClN3O2/c8-7-10-3-4(6(9)11-7)1-2-5(12)13/h1-3H,(H,12,13)(H2,9,10,11). The van der Waals surface area contributed by atoms with Crippen LogP contribution in [0.2, 0.25) is 5.28 Å². The molecule has 0 aliphatic heterocycles. The topological polar surface area (TPSA) is 89.1 Å². The molecule has 0 aliphatic rings. The molecule has 0 atom stereocenters. The molecule has 0 aliphatic carbocycles. The number of rotatable bonds is 2. The Labute approximate surface area is 78.9 Å². The number of hydrogen-bond acceptors (Lipinski definition) is 4. The molecule has 3 N–H and O–H groups in total. The average Bonchev–Trinajstić information content (AvgIpc) is 2.02. The molecule has 13 heavy (non-hydrogen) atoms. The summed E-state index contributed by atoms with van der Waals surface area (Å²) in [6.45, 7) is 0. The van der Waals surface area contributed by atoms with E-state index >= 15 is 0 Å². The first-order valence-electron chi connectivity index (χ1n) is 3.28. The maximum absolute atomic E-state index is 10.2. The van der Waals surface area contributed by atoms with E-state index in [1.165, 1.54) is 12.3 Å². The molecular weight excluding hydrogens is 194 g/mol. The van der Waals surface area contributed by atoms with E-state index in [-0.39, 0.29) is 11.1 Å². The van der Waals surface area contributed by atoms with Gasteiger partial charge in [0.25, 0.3) is 0 Å². The number of nitrogen functional groups attached to an aromatic ring is 1. The minimum absolute atomic E-state index is 0.0324. The summed E-state index contributed by atoms with van der Waals surface area (Å²) in [6, 6.07) is 0. The van der Waals surface area contributed by atoms with Crippen molar-refractivity contribution in [3.05, 3.63) is 23.1 Å². The predicted molar refractivity (Wildman–Crippen MR) is 48.1 cm³/mol. The lowest BCUT2D eigenvalue weighted by molar-refractivity contribution is -0.131. The van der Waals surface area contributed by atoms with Crippen LogP contribution in [0.3, 0.4) is 0 Å². The third-order valence-corrected chi connectivity index (χ3v) is 1.41. The lowest BCUT2D eigenvalue weighted by Crippen LogP contribution is -1.96. The number of nitrogens with two attached hydrogens (primary N) is 1. The van der Waals surface area contributed by atoms with E-state index in [4.69, 9.17) is 22.4 Å². The van der Waals surface area contributed by atoms with Crippen LogP contribution >= 0.6 is 11.6 Å². The Morgan fingerprint density at radius 1 is 1.69 bits per heavy atom. The summed E-state index contributed by atoms with van der Waals surface area (Å²) in [5.74, 6) is -0.910. The first-order valence-corrected chi connectivity index (χ1v) is 3.66. The molecule has 0 aromatic carbocycles. The van der Waals surface area contributed by atoms with E-state index in [2.05, 4.69) is 9.97 Å². The molecule has 1 rings (SSSR count). The van der Waals surface area contributed by atoms with Crippen molar-refractivity contribution in [3.63, 3.8) is 0 Å². The van der Waals surface area contributed by atoms with Gasteiger partial charge in [-0.2, -0.15) is 0 Å². The second-order valence-corrected chi connectivity index (χ2v) is 2.49. The van der Waals surface area contributed by atoms with Gasteiger partial charge in [-0.25, -0.2) is 14.8 Å². The van der Waals surface area contributed by atoms with Gasteiger partial charge in [-0.05, 0) is 17.7 Å². The largest absolute Gasteiger partial charge is 0.478 e. The van der Waals surface area contributed by atoms with Gasteiger partial charge in [-0.1, -0.05) is 0 Å². The summed E-state index contributed by atoms with van der Waals surface area (Å²) in [5.41, 5.74) is 5.85. The number of aliphatic carboxylic acids is 1. The summed E-state index contributed by atoms with van der Waals surface area (Å²) in [6.07, 6.45) is 3.60. The molecule has 6 heteroatoms. The Morgan fingerprint density at radius 3 is 2.92 bits per heavy atom. The number of hydrogen-bond donors (Lipinski definition) is 2. The van der Waals surface area contributed by atoms with Crippen LogP contribution in [0.4, 0.5) is 5.82 Å². The highest BCUT2D eigenvalue weighted by molar-refractivity contribution is 6.28. The highest BCUT2D eigenvalue weighted by atomic mass is 35.5. The first-order chi connectivity index (χ1) is 6.09. The third-order valence-electron chi connectivity index (χ3n) is 1.22. The monoisotopic (exact) mass is 199 g/mol. The molecule has 5 nitrogen and oxygen atoms in total. The molecule has 0 amide bonds. The van der Waals surface area contributed by atoms with Crippen molar-refractivity contribution in [2.75, 3.05) is 5.73 Å². The van der Waals surface area contributed by atoms with Gasteiger partial charge in [0.15, 0.2) is 0 Å². The zero-order valence-corrected chi connectivity index (χ0v) is 7.19. The molecular formula is C7H6ClN3O2. The van der Waals surface area contributed by atoms with Gasteiger partial charge < -0.3 is 10.8 Å². The Kier molecular flexibility index (Phi) is 2.81. The van der Waals surface area contributed by atoms with Crippen LogP contribution < -0.4 is 5.73 Å². The molecule has 1 aromatic heterocycles. The highest BCUT2D eigenvalue weighted by Crippen LogP contribution is 2.11. The maximum atomic E-state index is 10.2. The number of aromatic nitrogens is 2. The van der Waals surface area contributed by atoms with Crippen LogP contribution in [0.15, 0.2) is 12.3 Å². The average molecular weight is 200 g/mol. The van der Waals surface area contributed by atoms with Crippen LogP contribution in [-0.4, -0.2) is 21.0 Å². The van der Waals surface area contributed by atoms with Crippen LogP contribution in [0.25, 0.3) is 6.08 Å². The van der Waals surface area contributed by atoms with Crippen molar-refractivity contribution in [3.8, 4) is 0 Å². The minimum Gasteiger partial charge on any atom is -0.478 e. The fourth-order valence-electron chi connectivity index (χ4n) is 0.671. The molecule has 0 fully saturated rings. The normalized spacial score (nSPS) is 10.5. The van der Waals surface area contributed by atoms with E-state index in [0.29, 0.717) is 5.56 Å². The van der Waals surface area contributed by atoms with Crippen LogP contribution in [0.5, 0.6) is 0 Å². The molecule has 0 saturated carbocycles. The summed E-state index contributed by atoms with van der Waals surface area (Å²) >= 11 is 5.44. The molecule has 1 heterocycles. The van der Waals surface area contributed by atoms with Gasteiger partial charge in [0.2, 0.25) is 5.28 Å². The Balaban J connectivity index is 2.96. The zero-order valence-electron chi connectivity index (χ0n) is 6.44. The summed E-state index contributed by atoms with van der Waals surface area (Å²) in [7, 11) is 0. The smallest absolute Gasteiger partial charge is 0.328 e. The van der Waals surface area contributed by atoms with Crippen LogP contribution in [-0.2, 0) is 4.79 Å². The number of carboxylic acids is 1. The van der Waals surface area contributed by atoms with Crippen molar-refractivity contribution in [2.24, 2.45) is 0 Å². The molecule has 1 aromatic rings. The molecule has 0 bridgehead atoms. The summed E-state index contributed by atoms with van der Waals surface area (Å²) < 4.78 is 0. The number of nitrogens with zero attached hydrogens (tertiary/aromatic N) is 2. The highest BCUT2D eigenvalue weighted by Gasteiger charge is 1.99.